The number of amides is 2. The fourth-order valence-electron chi connectivity index (χ4n) is 5.76. The van der Waals surface area contributed by atoms with Gasteiger partial charge in [0, 0.05) is 70.3 Å². The van der Waals surface area contributed by atoms with Crippen LogP contribution in [0.2, 0.25) is 0 Å². The highest BCUT2D eigenvalue weighted by atomic mass is 32.2. The standard InChI is InChI=1S/C37H49N7O10S/c1-5-52-16-17-53-14-7-11-38-32(45)8-6-15-54-27-18-24(2)34(25(3)19-27)55(50,51)43-30(36(48)49)22-41-35(47)29-23-44(4)31-20-26(9-10-28(31)33(29)46)21-42-37-39-12-13-40-37/h9-10,12-13,18-20,23,30,43H,5-8,11,14-17,21-22H2,1-4H3,(H,38,45)(H,41,47)(H,48,49)(H2,39,40,42). The molecule has 55 heavy (non-hydrogen) atoms. The summed E-state index contributed by atoms with van der Waals surface area (Å²) in [6, 6.07) is 6.43. The van der Waals surface area contributed by atoms with E-state index in [1.54, 1.807) is 56.1 Å². The highest BCUT2D eigenvalue weighted by Gasteiger charge is 2.29. The van der Waals surface area contributed by atoms with E-state index in [1.165, 1.54) is 18.3 Å². The van der Waals surface area contributed by atoms with Gasteiger partial charge in [-0.15, -0.1) is 0 Å². The number of nitrogens with zero attached hydrogens (tertiary/aromatic N) is 2. The van der Waals surface area contributed by atoms with Crippen LogP contribution in [-0.2, 0) is 42.7 Å². The van der Waals surface area contributed by atoms with Crippen molar-refractivity contribution in [1.82, 2.24) is 29.9 Å². The van der Waals surface area contributed by atoms with Crippen molar-refractivity contribution in [1.29, 1.82) is 0 Å². The number of aromatic amines is 1. The van der Waals surface area contributed by atoms with Gasteiger partial charge >= 0.3 is 5.97 Å². The Morgan fingerprint density at radius 2 is 1.75 bits per heavy atom. The molecule has 4 aromatic rings. The summed E-state index contributed by atoms with van der Waals surface area (Å²) in [5.41, 5.74) is 1.24. The Kier molecular flexibility index (Phi) is 15.7. The molecule has 1 atom stereocenters. The molecule has 0 bridgehead atoms. The summed E-state index contributed by atoms with van der Waals surface area (Å²) in [6.45, 7) is 7.72. The van der Waals surface area contributed by atoms with Crippen LogP contribution in [0.3, 0.4) is 0 Å². The third kappa shape index (κ3) is 12.4. The minimum Gasteiger partial charge on any atom is -0.494 e. The number of hydrogen-bond donors (Lipinski definition) is 6. The molecular weight excluding hydrogens is 735 g/mol. The molecule has 0 spiro atoms. The number of rotatable bonds is 23. The molecule has 2 heterocycles. The molecule has 0 radical (unpaired) electrons. The quantitative estimate of drug-likeness (QED) is 0.0596. The molecule has 0 aliphatic carbocycles. The van der Waals surface area contributed by atoms with Crippen molar-refractivity contribution in [2.45, 2.75) is 57.5 Å². The Morgan fingerprint density at radius 1 is 1.00 bits per heavy atom. The third-order valence-corrected chi connectivity index (χ3v) is 10.2. The number of imidazole rings is 1. The van der Waals surface area contributed by atoms with Crippen molar-refractivity contribution in [3.8, 4) is 5.75 Å². The lowest BCUT2D eigenvalue weighted by Crippen LogP contribution is -2.49. The van der Waals surface area contributed by atoms with Crippen LogP contribution in [0.4, 0.5) is 5.95 Å². The number of nitrogens with one attached hydrogen (secondary N) is 5. The highest BCUT2D eigenvalue weighted by molar-refractivity contribution is 7.89. The summed E-state index contributed by atoms with van der Waals surface area (Å²) in [5, 5.41) is 18.5. The van der Waals surface area contributed by atoms with Crippen molar-refractivity contribution in [3.63, 3.8) is 0 Å². The molecule has 4 rings (SSSR count). The van der Waals surface area contributed by atoms with Crippen LogP contribution in [0.15, 0.2) is 58.6 Å². The van der Waals surface area contributed by atoms with Crippen LogP contribution in [-0.4, -0.2) is 98.0 Å². The van der Waals surface area contributed by atoms with E-state index >= 15 is 0 Å². The molecule has 0 fully saturated rings. The first-order valence-electron chi connectivity index (χ1n) is 17.9. The maximum atomic E-state index is 13.5. The molecule has 2 aromatic heterocycles. The third-order valence-electron chi connectivity index (χ3n) is 8.40. The largest absolute Gasteiger partial charge is 0.494 e. The minimum atomic E-state index is -4.40. The SMILES string of the molecule is CCOCCOCCCNC(=O)CCCOc1cc(C)c(S(=O)(=O)NC(CNC(=O)c2cn(C)c3cc(CNc4ncc[nH]4)ccc3c2=O)C(=O)O)c(C)c1. The number of carboxylic acids is 1. The van der Waals surface area contributed by atoms with Crippen molar-refractivity contribution >= 4 is 44.7 Å². The Hall–Kier alpha value is -5.30. The molecular formula is C37H49N7O10S. The van der Waals surface area contributed by atoms with Crippen molar-refractivity contribution in [2.24, 2.45) is 7.05 Å². The number of carbonyl (C=O) groups is 3. The monoisotopic (exact) mass is 783 g/mol. The summed E-state index contributed by atoms with van der Waals surface area (Å²) in [5.74, 6) is -1.53. The van der Waals surface area contributed by atoms with E-state index in [9.17, 15) is 32.7 Å². The first-order chi connectivity index (χ1) is 26.3. The lowest BCUT2D eigenvalue weighted by Gasteiger charge is -2.19. The molecule has 0 aliphatic rings. The summed E-state index contributed by atoms with van der Waals surface area (Å²) in [7, 11) is -2.73. The van der Waals surface area contributed by atoms with Gasteiger partial charge in [0.25, 0.3) is 5.91 Å². The Bertz CT molecular complexity index is 2080. The summed E-state index contributed by atoms with van der Waals surface area (Å²) < 4.78 is 47.1. The van der Waals surface area contributed by atoms with Crippen LogP contribution in [0.5, 0.6) is 5.75 Å². The predicted octanol–water partition coefficient (Wildman–Crippen LogP) is 2.37. The van der Waals surface area contributed by atoms with Gasteiger partial charge in [-0.3, -0.25) is 19.2 Å². The second-order valence-electron chi connectivity index (χ2n) is 12.7. The van der Waals surface area contributed by atoms with Gasteiger partial charge < -0.3 is 44.8 Å². The normalized spacial score (nSPS) is 12.0. The van der Waals surface area contributed by atoms with Gasteiger partial charge in [0.05, 0.1) is 30.2 Å². The number of pyridine rings is 1. The van der Waals surface area contributed by atoms with Gasteiger partial charge in [0.2, 0.25) is 21.4 Å². The summed E-state index contributed by atoms with van der Waals surface area (Å²) in [6.07, 6.45) is 6.00. The van der Waals surface area contributed by atoms with Crippen LogP contribution in [0.25, 0.3) is 10.9 Å². The number of carboxylic acid groups (broad SMARTS) is 1. The summed E-state index contributed by atoms with van der Waals surface area (Å²) in [4.78, 5) is 57.7. The smallest absolute Gasteiger partial charge is 0.323 e. The topological polar surface area (TPSA) is 232 Å². The number of anilines is 1. The number of carbonyl (C=O) groups excluding carboxylic acids is 2. The maximum absolute atomic E-state index is 13.5. The number of hydrogen-bond acceptors (Lipinski definition) is 11. The number of aromatic nitrogens is 3. The van der Waals surface area contributed by atoms with E-state index in [0.717, 1.165) is 5.56 Å². The molecule has 1 unspecified atom stereocenters. The molecule has 2 amide bonds. The number of fused-ring (bicyclic) bond motifs is 1. The van der Waals surface area contributed by atoms with Crippen LogP contribution in [0.1, 0.15) is 53.2 Å². The van der Waals surface area contributed by atoms with E-state index in [4.69, 9.17) is 14.2 Å². The van der Waals surface area contributed by atoms with Crippen molar-refractivity contribution in [2.75, 3.05) is 51.4 Å². The van der Waals surface area contributed by atoms with Crippen LogP contribution < -0.4 is 30.8 Å². The number of aliphatic carboxylic acids is 1. The van der Waals surface area contributed by atoms with E-state index in [-0.39, 0.29) is 34.8 Å². The lowest BCUT2D eigenvalue weighted by molar-refractivity contribution is -0.138. The van der Waals surface area contributed by atoms with Crippen molar-refractivity contribution in [3.05, 3.63) is 81.4 Å². The number of benzene rings is 2. The second kappa shape index (κ2) is 20.4. The number of aryl methyl sites for hydroxylation is 3. The van der Waals surface area contributed by atoms with Gasteiger partial charge in [-0.05, 0) is 74.6 Å². The predicted molar refractivity (Wildman–Crippen MR) is 205 cm³/mol. The van der Waals surface area contributed by atoms with E-state index in [2.05, 4.69) is 30.6 Å². The average Bonchev–Trinajstić information content (AvgIpc) is 3.67. The van der Waals surface area contributed by atoms with E-state index in [1.807, 2.05) is 6.92 Å². The fraction of sp³-hybridized carbons (Fsp3) is 0.432. The fourth-order valence-corrected chi connectivity index (χ4v) is 7.40. The van der Waals surface area contributed by atoms with E-state index < -0.39 is 39.9 Å². The molecule has 298 valence electrons. The second-order valence-corrected chi connectivity index (χ2v) is 14.3. The maximum Gasteiger partial charge on any atom is 0.323 e. The van der Waals surface area contributed by atoms with Crippen molar-refractivity contribution < 1.29 is 42.1 Å². The number of H-pyrrole nitrogens is 1. The molecule has 2 aromatic carbocycles. The molecule has 17 nitrogen and oxygen atoms in total. The first-order valence-corrected chi connectivity index (χ1v) is 19.3. The van der Waals surface area contributed by atoms with Gasteiger partial charge in [-0.2, -0.15) is 4.72 Å². The summed E-state index contributed by atoms with van der Waals surface area (Å²) >= 11 is 0. The first kappa shape index (κ1) is 42.4. The number of ether oxygens (including phenoxy) is 3. The molecule has 0 saturated heterocycles. The van der Waals surface area contributed by atoms with Gasteiger partial charge in [-0.25, -0.2) is 13.4 Å². The Labute approximate surface area is 319 Å². The zero-order valence-corrected chi connectivity index (χ0v) is 32.2. The zero-order valence-electron chi connectivity index (χ0n) is 31.4. The van der Waals surface area contributed by atoms with E-state index in [0.29, 0.717) is 80.7 Å². The molecule has 18 heteroatoms. The van der Waals surface area contributed by atoms with Crippen LogP contribution in [0, 0.1) is 13.8 Å². The molecule has 6 N–H and O–H groups in total. The van der Waals surface area contributed by atoms with Gasteiger partial charge in [0.1, 0.15) is 17.4 Å². The van der Waals surface area contributed by atoms with Gasteiger partial charge in [-0.1, -0.05) is 6.07 Å². The van der Waals surface area contributed by atoms with Crippen LogP contribution >= 0.6 is 0 Å². The zero-order chi connectivity index (χ0) is 40.0. The lowest BCUT2D eigenvalue weighted by atomic mass is 10.1. The Morgan fingerprint density at radius 3 is 2.44 bits per heavy atom. The highest BCUT2D eigenvalue weighted by Crippen LogP contribution is 2.26. The Balaban J connectivity index is 1.30. The average molecular weight is 784 g/mol. The molecule has 0 aliphatic heterocycles. The van der Waals surface area contributed by atoms with Gasteiger partial charge in [0.15, 0.2) is 5.95 Å². The number of sulfonamides is 1. The molecule has 0 saturated carbocycles. The minimum absolute atomic E-state index is 0.119.